The molecule has 5 nitrogen and oxygen atoms in total. The minimum absolute atomic E-state index is 0.0275. The van der Waals surface area contributed by atoms with Gasteiger partial charge in [-0.3, -0.25) is 14.5 Å². The smallest absolute Gasteiger partial charge is 0.270 e. The standard InChI is InChI=1S/C20H17NO4S2/c1-12(22)14-5-7-15(8-6-14)21-19(23)18(27-20(21)26)11-13-4-9-16(24-2)17(10-13)25-3/h4-11H,1-3H3/b18-11-. The van der Waals surface area contributed by atoms with Crippen LogP contribution in [0.15, 0.2) is 47.4 Å². The summed E-state index contributed by atoms with van der Waals surface area (Å²) in [4.78, 5) is 26.2. The summed E-state index contributed by atoms with van der Waals surface area (Å²) in [5, 5.41) is 0. The van der Waals surface area contributed by atoms with E-state index in [-0.39, 0.29) is 11.7 Å². The monoisotopic (exact) mass is 399 g/mol. The molecular formula is C20H17NO4S2. The molecule has 0 N–H and O–H groups in total. The number of rotatable bonds is 5. The van der Waals surface area contributed by atoms with Crippen molar-refractivity contribution in [2.45, 2.75) is 6.92 Å². The van der Waals surface area contributed by atoms with Crippen molar-refractivity contribution in [1.82, 2.24) is 0 Å². The molecule has 1 amide bonds. The second-order valence-corrected chi connectivity index (χ2v) is 7.41. The number of amides is 1. The Labute approximate surface area is 167 Å². The van der Waals surface area contributed by atoms with Gasteiger partial charge in [0.1, 0.15) is 0 Å². The van der Waals surface area contributed by atoms with Crippen LogP contribution in [-0.2, 0) is 4.79 Å². The predicted octanol–water partition coefficient (Wildman–Crippen LogP) is 4.31. The molecule has 2 aromatic rings. The molecule has 7 heteroatoms. The zero-order valence-electron chi connectivity index (χ0n) is 15.0. The van der Waals surface area contributed by atoms with Gasteiger partial charge in [-0.25, -0.2) is 0 Å². The molecule has 1 fully saturated rings. The second kappa shape index (κ2) is 7.94. The highest BCUT2D eigenvalue weighted by Gasteiger charge is 2.33. The molecule has 1 aliphatic heterocycles. The largest absolute Gasteiger partial charge is 0.493 e. The fraction of sp³-hybridized carbons (Fsp3) is 0.150. The van der Waals surface area contributed by atoms with Gasteiger partial charge in [-0.15, -0.1) is 0 Å². The zero-order valence-corrected chi connectivity index (χ0v) is 16.6. The van der Waals surface area contributed by atoms with E-state index in [0.717, 1.165) is 5.56 Å². The first-order valence-electron chi connectivity index (χ1n) is 8.05. The first-order valence-corrected chi connectivity index (χ1v) is 9.28. The third-order valence-corrected chi connectivity index (χ3v) is 5.33. The molecule has 1 aliphatic rings. The van der Waals surface area contributed by atoms with Crippen molar-refractivity contribution in [1.29, 1.82) is 0 Å². The summed E-state index contributed by atoms with van der Waals surface area (Å²) in [5.74, 6) is 0.977. The molecule has 1 saturated heterocycles. The number of methoxy groups -OCH3 is 2. The Hall–Kier alpha value is -2.64. The van der Waals surface area contributed by atoms with Gasteiger partial charge in [-0.05, 0) is 55.0 Å². The van der Waals surface area contributed by atoms with E-state index >= 15 is 0 Å². The van der Waals surface area contributed by atoms with Crippen LogP contribution < -0.4 is 14.4 Å². The van der Waals surface area contributed by atoms with Gasteiger partial charge >= 0.3 is 0 Å². The van der Waals surface area contributed by atoms with Crippen molar-refractivity contribution >= 4 is 51.8 Å². The van der Waals surface area contributed by atoms with E-state index in [1.54, 1.807) is 56.7 Å². The third kappa shape index (κ3) is 3.89. The van der Waals surface area contributed by atoms with Crippen molar-refractivity contribution in [3.05, 3.63) is 58.5 Å². The van der Waals surface area contributed by atoms with E-state index < -0.39 is 0 Å². The van der Waals surface area contributed by atoms with Gasteiger partial charge in [0.15, 0.2) is 21.6 Å². The third-order valence-electron chi connectivity index (χ3n) is 4.03. The van der Waals surface area contributed by atoms with Gasteiger partial charge in [-0.1, -0.05) is 30.0 Å². The lowest BCUT2D eigenvalue weighted by Crippen LogP contribution is -2.27. The van der Waals surface area contributed by atoms with Crippen LogP contribution in [0.3, 0.4) is 0 Å². The highest BCUT2D eigenvalue weighted by atomic mass is 32.2. The maximum Gasteiger partial charge on any atom is 0.270 e. The van der Waals surface area contributed by atoms with E-state index in [2.05, 4.69) is 0 Å². The Morgan fingerprint density at radius 1 is 1.07 bits per heavy atom. The Morgan fingerprint density at radius 2 is 1.74 bits per heavy atom. The Kier molecular flexibility index (Phi) is 5.62. The molecule has 2 aromatic carbocycles. The number of thiocarbonyl (C=S) groups is 1. The minimum Gasteiger partial charge on any atom is -0.493 e. The molecular weight excluding hydrogens is 382 g/mol. The van der Waals surface area contributed by atoms with Crippen molar-refractivity contribution in [3.8, 4) is 11.5 Å². The number of ether oxygens (including phenoxy) is 2. The first kappa shape index (κ1) is 19.1. The molecule has 0 unspecified atom stereocenters. The number of carbonyl (C=O) groups is 2. The number of hydrogen-bond donors (Lipinski definition) is 0. The van der Waals surface area contributed by atoms with Gasteiger partial charge in [0.2, 0.25) is 0 Å². The van der Waals surface area contributed by atoms with E-state index in [1.165, 1.54) is 23.6 Å². The summed E-state index contributed by atoms with van der Waals surface area (Å²) in [6.45, 7) is 1.50. The average molecular weight is 399 g/mol. The summed E-state index contributed by atoms with van der Waals surface area (Å²) in [5.41, 5.74) is 2.03. The van der Waals surface area contributed by atoms with Gasteiger partial charge < -0.3 is 9.47 Å². The first-order chi connectivity index (χ1) is 12.9. The number of anilines is 1. The number of ketones is 1. The molecule has 0 bridgehead atoms. The number of nitrogens with zero attached hydrogens (tertiary/aromatic N) is 1. The van der Waals surface area contributed by atoms with E-state index in [9.17, 15) is 9.59 Å². The van der Waals surface area contributed by atoms with Crippen LogP contribution in [0.1, 0.15) is 22.8 Å². The molecule has 0 atom stereocenters. The van der Waals surface area contributed by atoms with Crippen molar-refractivity contribution < 1.29 is 19.1 Å². The molecule has 0 saturated carbocycles. The number of hydrogen-bond acceptors (Lipinski definition) is 6. The van der Waals surface area contributed by atoms with Crippen molar-refractivity contribution in [2.24, 2.45) is 0 Å². The number of benzene rings is 2. The Balaban J connectivity index is 1.89. The fourth-order valence-corrected chi connectivity index (χ4v) is 3.93. The topological polar surface area (TPSA) is 55.8 Å². The quantitative estimate of drug-likeness (QED) is 0.424. The summed E-state index contributed by atoms with van der Waals surface area (Å²) < 4.78 is 11.0. The fourth-order valence-electron chi connectivity index (χ4n) is 2.63. The molecule has 138 valence electrons. The minimum atomic E-state index is -0.199. The lowest BCUT2D eigenvalue weighted by molar-refractivity contribution is -0.113. The lowest BCUT2D eigenvalue weighted by atomic mass is 10.1. The van der Waals surface area contributed by atoms with Crippen LogP contribution >= 0.6 is 24.0 Å². The molecule has 3 rings (SSSR count). The summed E-state index contributed by atoms with van der Waals surface area (Å²) in [6, 6.07) is 12.2. The summed E-state index contributed by atoms with van der Waals surface area (Å²) in [6.07, 6.45) is 1.77. The summed E-state index contributed by atoms with van der Waals surface area (Å²) in [7, 11) is 3.13. The molecule has 27 heavy (non-hydrogen) atoms. The maximum absolute atomic E-state index is 12.8. The number of carbonyl (C=O) groups excluding carboxylic acids is 2. The van der Waals surface area contributed by atoms with Crippen LogP contribution in [0.25, 0.3) is 6.08 Å². The van der Waals surface area contributed by atoms with Crippen molar-refractivity contribution in [2.75, 3.05) is 19.1 Å². The number of Topliss-reactive ketones (excluding diaryl/α,β-unsaturated/α-hetero) is 1. The molecule has 0 aliphatic carbocycles. The number of thioether (sulfide) groups is 1. The Morgan fingerprint density at radius 3 is 2.33 bits per heavy atom. The van der Waals surface area contributed by atoms with Gasteiger partial charge in [0.25, 0.3) is 5.91 Å². The lowest BCUT2D eigenvalue weighted by Gasteiger charge is -2.14. The van der Waals surface area contributed by atoms with E-state index in [4.69, 9.17) is 21.7 Å². The van der Waals surface area contributed by atoms with Crippen LogP contribution in [0.2, 0.25) is 0 Å². The molecule has 0 spiro atoms. The molecule has 0 radical (unpaired) electrons. The molecule has 1 heterocycles. The average Bonchev–Trinajstić information content (AvgIpc) is 2.94. The van der Waals surface area contributed by atoms with Crippen LogP contribution in [0.5, 0.6) is 11.5 Å². The highest BCUT2D eigenvalue weighted by molar-refractivity contribution is 8.27. The second-order valence-electron chi connectivity index (χ2n) is 5.73. The van der Waals surface area contributed by atoms with E-state index in [1.807, 2.05) is 6.07 Å². The van der Waals surface area contributed by atoms with Crippen LogP contribution in [0.4, 0.5) is 5.69 Å². The highest BCUT2D eigenvalue weighted by Crippen LogP contribution is 2.37. The van der Waals surface area contributed by atoms with Crippen molar-refractivity contribution in [3.63, 3.8) is 0 Å². The van der Waals surface area contributed by atoms with Gasteiger partial charge in [-0.2, -0.15) is 0 Å². The van der Waals surface area contributed by atoms with Crippen LogP contribution in [0, 0.1) is 0 Å². The maximum atomic E-state index is 12.8. The summed E-state index contributed by atoms with van der Waals surface area (Å²) >= 11 is 6.62. The Bertz CT molecular complexity index is 951. The molecule has 0 aromatic heterocycles. The van der Waals surface area contributed by atoms with Gasteiger partial charge in [0, 0.05) is 5.56 Å². The predicted molar refractivity (Wildman–Crippen MR) is 112 cm³/mol. The normalized spacial score (nSPS) is 15.4. The van der Waals surface area contributed by atoms with Crippen LogP contribution in [-0.4, -0.2) is 30.2 Å². The zero-order chi connectivity index (χ0) is 19.6. The SMILES string of the molecule is COc1ccc(/C=C2\SC(=S)N(c3ccc(C(C)=O)cc3)C2=O)cc1OC. The van der Waals surface area contributed by atoms with E-state index in [0.29, 0.717) is 32.0 Å². The van der Waals surface area contributed by atoms with Gasteiger partial charge in [0.05, 0.1) is 24.8 Å².